The van der Waals surface area contributed by atoms with Crippen LogP contribution in [0.2, 0.25) is 5.02 Å². The van der Waals surface area contributed by atoms with Crippen molar-refractivity contribution in [3.63, 3.8) is 0 Å². The van der Waals surface area contributed by atoms with Gasteiger partial charge in [-0.15, -0.1) is 11.3 Å². The summed E-state index contributed by atoms with van der Waals surface area (Å²) in [5.74, 6) is -2.19. The van der Waals surface area contributed by atoms with E-state index in [1.165, 1.54) is 18.2 Å². The van der Waals surface area contributed by atoms with Gasteiger partial charge in [-0.05, 0) is 29.3 Å². The number of hydrogen-bond donors (Lipinski definition) is 2. The van der Waals surface area contributed by atoms with Crippen LogP contribution in [-0.2, 0) is 4.79 Å². The Kier molecular flexibility index (Phi) is 4.45. The first-order valence-electron chi connectivity index (χ1n) is 8.16. The molecule has 0 saturated heterocycles. The van der Waals surface area contributed by atoms with Crippen LogP contribution in [0.25, 0.3) is 11.1 Å². The number of aromatic carboxylic acids is 1. The van der Waals surface area contributed by atoms with Crippen molar-refractivity contribution >= 4 is 40.5 Å². The van der Waals surface area contributed by atoms with E-state index in [2.05, 4.69) is 5.32 Å². The molecular formula is C20H13ClFNO3S. The molecule has 2 aromatic carbocycles. The molecule has 0 fully saturated rings. The molecule has 27 heavy (non-hydrogen) atoms. The number of rotatable bonds is 3. The summed E-state index contributed by atoms with van der Waals surface area (Å²) in [4.78, 5) is 25.0. The Labute approximate surface area is 163 Å². The van der Waals surface area contributed by atoms with Gasteiger partial charge in [0.15, 0.2) is 0 Å². The van der Waals surface area contributed by atoms with E-state index < -0.39 is 11.8 Å². The molecule has 2 heterocycles. The number of hydrogen-bond acceptors (Lipinski definition) is 3. The first-order chi connectivity index (χ1) is 13.0. The average Bonchev–Trinajstić information content (AvgIpc) is 3.01. The van der Waals surface area contributed by atoms with Gasteiger partial charge in [-0.2, -0.15) is 0 Å². The summed E-state index contributed by atoms with van der Waals surface area (Å²) in [5.41, 5.74) is 1.92. The second kappa shape index (κ2) is 6.79. The van der Waals surface area contributed by atoms with Gasteiger partial charge in [-0.25, -0.2) is 9.18 Å². The van der Waals surface area contributed by atoms with Crippen molar-refractivity contribution in [1.29, 1.82) is 0 Å². The van der Waals surface area contributed by atoms with Crippen LogP contribution in [-0.4, -0.2) is 17.0 Å². The third-order valence-corrected chi connectivity index (χ3v) is 6.13. The molecule has 7 heteroatoms. The lowest BCUT2D eigenvalue weighted by atomic mass is 9.88. The molecule has 0 bridgehead atoms. The summed E-state index contributed by atoms with van der Waals surface area (Å²) in [6.45, 7) is 0. The molecule has 0 saturated carbocycles. The SMILES string of the molecule is O=C1C[C@H](c2ccccc2Cl)c2sc(C(=O)O)c(-c3cccc(F)c3)c2N1. The van der Waals surface area contributed by atoms with Crippen molar-refractivity contribution in [3.8, 4) is 11.1 Å². The van der Waals surface area contributed by atoms with Crippen molar-refractivity contribution in [3.05, 3.63) is 74.7 Å². The highest BCUT2D eigenvalue weighted by molar-refractivity contribution is 7.15. The molecule has 1 atom stereocenters. The lowest BCUT2D eigenvalue weighted by molar-refractivity contribution is -0.116. The summed E-state index contributed by atoms with van der Waals surface area (Å²) in [6, 6.07) is 12.9. The number of carboxylic acid groups (broad SMARTS) is 1. The van der Waals surface area contributed by atoms with E-state index in [1.54, 1.807) is 18.2 Å². The van der Waals surface area contributed by atoms with Crippen molar-refractivity contribution in [2.24, 2.45) is 0 Å². The van der Waals surface area contributed by atoms with Gasteiger partial charge in [0.05, 0.1) is 5.69 Å². The van der Waals surface area contributed by atoms with E-state index in [0.29, 0.717) is 26.7 Å². The van der Waals surface area contributed by atoms with Gasteiger partial charge < -0.3 is 10.4 Å². The fraction of sp³-hybridized carbons (Fsp3) is 0.100. The second-order valence-electron chi connectivity index (χ2n) is 6.19. The number of halogens is 2. The van der Waals surface area contributed by atoms with E-state index in [9.17, 15) is 19.1 Å². The number of carboxylic acids is 1. The molecule has 4 rings (SSSR count). The zero-order valence-electron chi connectivity index (χ0n) is 13.8. The zero-order valence-corrected chi connectivity index (χ0v) is 15.4. The van der Waals surface area contributed by atoms with Gasteiger partial charge in [0.2, 0.25) is 5.91 Å². The molecule has 1 aliphatic rings. The number of benzene rings is 2. The molecule has 136 valence electrons. The molecule has 3 aromatic rings. The van der Waals surface area contributed by atoms with Crippen LogP contribution in [0.4, 0.5) is 10.1 Å². The van der Waals surface area contributed by atoms with Gasteiger partial charge in [-0.1, -0.05) is 41.9 Å². The van der Waals surface area contributed by atoms with E-state index >= 15 is 0 Å². The third kappa shape index (κ3) is 3.11. The number of thiophene rings is 1. The van der Waals surface area contributed by atoms with Crippen LogP contribution >= 0.6 is 22.9 Å². The minimum atomic E-state index is -1.12. The lowest BCUT2D eigenvalue weighted by Crippen LogP contribution is -2.22. The Morgan fingerprint density at radius 2 is 2.00 bits per heavy atom. The third-order valence-electron chi connectivity index (χ3n) is 4.49. The average molecular weight is 402 g/mol. The van der Waals surface area contributed by atoms with Gasteiger partial charge >= 0.3 is 5.97 Å². The van der Waals surface area contributed by atoms with Gasteiger partial charge in [0.1, 0.15) is 10.7 Å². The van der Waals surface area contributed by atoms with E-state index in [4.69, 9.17) is 11.6 Å². The molecule has 0 radical (unpaired) electrons. The Morgan fingerprint density at radius 3 is 2.70 bits per heavy atom. The molecule has 4 nitrogen and oxygen atoms in total. The molecule has 2 N–H and O–H groups in total. The first-order valence-corrected chi connectivity index (χ1v) is 9.35. The molecule has 1 amide bonds. The number of carbonyl (C=O) groups is 2. The molecular weight excluding hydrogens is 389 g/mol. The standard InChI is InChI=1S/C20H13ClFNO3S/c21-14-7-2-1-6-12(14)13-9-15(24)23-17-16(10-4-3-5-11(22)8-10)19(20(25)26)27-18(13)17/h1-8,13H,9H2,(H,23,24)(H,25,26)/t13-/m1/s1. The van der Waals surface area contributed by atoms with Crippen molar-refractivity contribution < 1.29 is 19.1 Å². The summed E-state index contributed by atoms with van der Waals surface area (Å²) in [5, 5.41) is 13.0. The summed E-state index contributed by atoms with van der Waals surface area (Å²) in [7, 11) is 0. The monoisotopic (exact) mass is 401 g/mol. The van der Waals surface area contributed by atoms with Crippen LogP contribution < -0.4 is 5.32 Å². The summed E-state index contributed by atoms with van der Waals surface area (Å²) >= 11 is 7.41. The molecule has 1 aliphatic heterocycles. The predicted molar refractivity (Wildman–Crippen MR) is 103 cm³/mol. The zero-order chi connectivity index (χ0) is 19.1. The maximum atomic E-state index is 13.7. The largest absolute Gasteiger partial charge is 0.477 e. The highest BCUT2D eigenvalue weighted by atomic mass is 35.5. The van der Waals surface area contributed by atoms with Crippen LogP contribution in [0.5, 0.6) is 0 Å². The Balaban J connectivity index is 1.97. The Bertz CT molecular complexity index is 1080. The number of amides is 1. The van der Waals surface area contributed by atoms with E-state index in [0.717, 1.165) is 16.9 Å². The van der Waals surface area contributed by atoms with Gasteiger partial charge in [0.25, 0.3) is 0 Å². The minimum absolute atomic E-state index is 0.0600. The molecule has 0 aliphatic carbocycles. The first kappa shape index (κ1) is 17.7. The van der Waals surface area contributed by atoms with Crippen LogP contribution in [0.3, 0.4) is 0 Å². The van der Waals surface area contributed by atoms with E-state index in [-0.39, 0.29) is 23.1 Å². The molecule has 0 unspecified atom stereocenters. The smallest absolute Gasteiger partial charge is 0.346 e. The van der Waals surface area contributed by atoms with Crippen molar-refractivity contribution in [2.45, 2.75) is 12.3 Å². The highest BCUT2D eigenvalue weighted by Crippen LogP contribution is 2.50. The highest BCUT2D eigenvalue weighted by Gasteiger charge is 2.35. The van der Waals surface area contributed by atoms with Crippen molar-refractivity contribution in [1.82, 2.24) is 0 Å². The summed E-state index contributed by atoms with van der Waals surface area (Å²) in [6.07, 6.45) is 0.166. The fourth-order valence-corrected chi connectivity index (χ4v) is 4.87. The lowest BCUT2D eigenvalue weighted by Gasteiger charge is -2.24. The maximum absolute atomic E-state index is 13.7. The van der Waals surface area contributed by atoms with Crippen LogP contribution in [0.1, 0.15) is 32.5 Å². The Hall–Kier alpha value is -2.70. The fourth-order valence-electron chi connectivity index (χ4n) is 3.37. The van der Waals surface area contributed by atoms with Gasteiger partial charge in [0, 0.05) is 27.8 Å². The second-order valence-corrected chi connectivity index (χ2v) is 7.65. The number of fused-ring (bicyclic) bond motifs is 1. The van der Waals surface area contributed by atoms with Crippen molar-refractivity contribution in [2.75, 3.05) is 5.32 Å². The van der Waals surface area contributed by atoms with Gasteiger partial charge in [-0.3, -0.25) is 4.79 Å². The maximum Gasteiger partial charge on any atom is 0.346 e. The van der Waals surface area contributed by atoms with Crippen LogP contribution in [0.15, 0.2) is 48.5 Å². The molecule has 0 spiro atoms. The minimum Gasteiger partial charge on any atom is -0.477 e. The topological polar surface area (TPSA) is 66.4 Å². The summed E-state index contributed by atoms with van der Waals surface area (Å²) < 4.78 is 13.7. The molecule has 1 aromatic heterocycles. The number of carbonyl (C=O) groups excluding carboxylic acids is 1. The van der Waals surface area contributed by atoms with Crippen LogP contribution in [0, 0.1) is 5.82 Å². The number of anilines is 1. The quantitative estimate of drug-likeness (QED) is 0.619. The Morgan fingerprint density at radius 1 is 1.22 bits per heavy atom. The number of nitrogens with one attached hydrogen (secondary N) is 1. The van der Waals surface area contributed by atoms with E-state index in [1.807, 2.05) is 12.1 Å². The normalized spacial score (nSPS) is 15.9. The predicted octanol–water partition coefficient (Wildman–Crippen LogP) is 5.38.